The first kappa shape index (κ1) is 31.1. The van der Waals surface area contributed by atoms with Crippen LogP contribution in [-0.2, 0) is 28.7 Å². The lowest BCUT2D eigenvalue weighted by Gasteiger charge is -2.35. The van der Waals surface area contributed by atoms with Crippen LogP contribution in [0.4, 0.5) is 0 Å². The van der Waals surface area contributed by atoms with Crippen molar-refractivity contribution in [1.29, 1.82) is 0 Å². The van der Waals surface area contributed by atoms with E-state index in [4.69, 9.17) is 14.5 Å². The van der Waals surface area contributed by atoms with Gasteiger partial charge in [0.25, 0.3) is 11.8 Å². The molecule has 2 aliphatic rings. The first-order chi connectivity index (χ1) is 20.1. The Morgan fingerprint density at radius 3 is 2.52 bits per heavy atom. The summed E-state index contributed by atoms with van der Waals surface area (Å²) in [5, 5.41) is 8.06. The number of cyclic esters (lactones) is 1. The Hall–Kier alpha value is -3.83. The summed E-state index contributed by atoms with van der Waals surface area (Å²) >= 11 is 0. The summed E-state index contributed by atoms with van der Waals surface area (Å²) in [7, 11) is 0. The monoisotopic (exact) mass is 579 g/mol. The molecule has 5 bridgehead atoms. The van der Waals surface area contributed by atoms with E-state index < -0.39 is 30.1 Å². The molecule has 3 amide bonds. The minimum Gasteiger partial charge on any atom is -0.452 e. The van der Waals surface area contributed by atoms with Gasteiger partial charge in [-0.15, -0.1) is 0 Å². The van der Waals surface area contributed by atoms with E-state index in [1.165, 1.54) is 5.01 Å². The van der Waals surface area contributed by atoms with Gasteiger partial charge in [0.15, 0.2) is 6.10 Å². The van der Waals surface area contributed by atoms with Crippen molar-refractivity contribution < 1.29 is 28.7 Å². The predicted molar refractivity (Wildman–Crippen MR) is 158 cm³/mol. The molecule has 226 valence electrons. The molecule has 0 spiro atoms. The summed E-state index contributed by atoms with van der Waals surface area (Å²) < 4.78 is 11.1. The van der Waals surface area contributed by atoms with Gasteiger partial charge >= 0.3 is 5.97 Å². The van der Waals surface area contributed by atoms with Crippen molar-refractivity contribution in [3.8, 4) is 0 Å². The molecule has 0 saturated carbocycles. The van der Waals surface area contributed by atoms with E-state index in [9.17, 15) is 19.2 Å². The normalized spacial score (nSPS) is 26.4. The number of rotatable bonds is 1. The Labute approximate surface area is 246 Å². The lowest BCUT2D eigenvalue weighted by molar-refractivity contribution is -0.159. The number of nitrogens with zero attached hydrogens (tertiary/aromatic N) is 2. The molecular weight excluding hydrogens is 538 g/mol. The molecule has 3 N–H and O–H groups in total. The number of carbonyl (C=O) groups excluding carboxylic acids is 4. The van der Waals surface area contributed by atoms with Crippen molar-refractivity contribution >= 4 is 40.7 Å². The maximum absolute atomic E-state index is 13.2. The second-order valence-electron chi connectivity index (χ2n) is 11.2. The fourth-order valence-corrected chi connectivity index (χ4v) is 4.96. The van der Waals surface area contributed by atoms with Crippen LogP contribution in [0.3, 0.4) is 0 Å². The van der Waals surface area contributed by atoms with Crippen LogP contribution < -0.4 is 16.1 Å². The van der Waals surface area contributed by atoms with Gasteiger partial charge < -0.3 is 20.1 Å². The number of amides is 3. The smallest absolute Gasteiger partial charge is 0.306 e. The molecule has 0 aliphatic carbocycles. The lowest BCUT2D eigenvalue weighted by Crippen LogP contribution is -2.61. The topological polar surface area (TPSA) is 139 Å². The van der Waals surface area contributed by atoms with E-state index >= 15 is 0 Å². The van der Waals surface area contributed by atoms with Crippen LogP contribution >= 0.6 is 0 Å². The Morgan fingerprint density at radius 1 is 0.976 bits per heavy atom. The summed E-state index contributed by atoms with van der Waals surface area (Å²) in [5.41, 5.74) is 5.52. The summed E-state index contributed by atoms with van der Waals surface area (Å²) in [6, 6.07) is 7.98. The molecule has 1 aromatic heterocycles. The zero-order valence-corrected chi connectivity index (χ0v) is 24.7. The third-order valence-electron chi connectivity index (χ3n) is 7.35. The largest absolute Gasteiger partial charge is 0.452 e. The zero-order valence-electron chi connectivity index (χ0n) is 24.7. The summed E-state index contributed by atoms with van der Waals surface area (Å²) in [6.07, 6.45) is 4.53. The van der Waals surface area contributed by atoms with Gasteiger partial charge in [0.05, 0.1) is 23.9 Å². The van der Waals surface area contributed by atoms with E-state index in [2.05, 4.69) is 16.1 Å². The average molecular weight is 580 g/mol. The Kier molecular flexibility index (Phi) is 10.6. The van der Waals surface area contributed by atoms with Crippen molar-refractivity contribution in [2.24, 2.45) is 5.92 Å². The van der Waals surface area contributed by atoms with Crippen molar-refractivity contribution in [2.75, 3.05) is 19.8 Å². The van der Waals surface area contributed by atoms with E-state index in [0.717, 1.165) is 22.2 Å². The maximum atomic E-state index is 13.2. The highest BCUT2D eigenvalue weighted by Crippen LogP contribution is 2.20. The molecule has 4 rings (SSSR count). The maximum Gasteiger partial charge on any atom is 0.306 e. The van der Waals surface area contributed by atoms with Crippen LogP contribution in [-0.4, -0.2) is 71.6 Å². The molecule has 3 heterocycles. The molecule has 0 radical (unpaired) electrons. The number of carbonyl (C=O) groups is 4. The number of fused-ring (bicyclic) bond motifs is 4. The van der Waals surface area contributed by atoms with Gasteiger partial charge in [0.1, 0.15) is 12.1 Å². The second kappa shape index (κ2) is 14.4. The fourth-order valence-electron chi connectivity index (χ4n) is 4.96. The second-order valence-corrected chi connectivity index (χ2v) is 11.2. The molecular formula is C31H41N5O6. The van der Waals surface area contributed by atoms with Crippen LogP contribution in [0.25, 0.3) is 17.0 Å². The van der Waals surface area contributed by atoms with E-state index in [-0.39, 0.29) is 30.2 Å². The van der Waals surface area contributed by atoms with Crippen LogP contribution in [0, 0.1) is 5.92 Å². The first-order valence-electron chi connectivity index (χ1n) is 14.6. The number of nitrogens with one attached hydrogen (secondary N) is 3. The van der Waals surface area contributed by atoms with Crippen molar-refractivity contribution in [1.82, 2.24) is 26.1 Å². The third-order valence-corrected chi connectivity index (χ3v) is 7.35. The van der Waals surface area contributed by atoms with Gasteiger partial charge in [-0.05, 0) is 56.7 Å². The van der Waals surface area contributed by atoms with Crippen molar-refractivity contribution in [3.63, 3.8) is 0 Å². The molecule has 1 aromatic carbocycles. The van der Waals surface area contributed by atoms with E-state index in [0.29, 0.717) is 39.0 Å². The van der Waals surface area contributed by atoms with Gasteiger partial charge in [-0.3, -0.25) is 29.2 Å². The van der Waals surface area contributed by atoms with Gasteiger partial charge in [-0.2, -0.15) is 0 Å². The number of hydrogen-bond acceptors (Lipinski definition) is 8. The first-order valence-corrected chi connectivity index (χ1v) is 14.6. The molecule has 4 atom stereocenters. The lowest BCUT2D eigenvalue weighted by atomic mass is 10.1. The van der Waals surface area contributed by atoms with Crippen LogP contribution in [0.15, 0.2) is 36.4 Å². The molecule has 42 heavy (non-hydrogen) atoms. The van der Waals surface area contributed by atoms with Crippen molar-refractivity contribution in [3.05, 3.63) is 47.7 Å². The predicted octanol–water partition coefficient (Wildman–Crippen LogP) is 2.80. The van der Waals surface area contributed by atoms with Gasteiger partial charge in [-0.1, -0.05) is 44.2 Å². The molecule has 0 unspecified atom stereocenters. The van der Waals surface area contributed by atoms with Crippen molar-refractivity contribution in [2.45, 2.75) is 77.6 Å². The summed E-state index contributed by atoms with van der Waals surface area (Å²) in [5.74, 6) is -1.97. The van der Waals surface area contributed by atoms with Gasteiger partial charge in [0, 0.05) is 25.0 Å². The standard InChI is InChI=1S/C31H41N5O6/c1-19(2)28-30(39)33-21(4)31(40)36-15-5-9-25(35-36)29(38)32-20(3)24-14-13-23-12-11-22(18-26(23)34-24)8-6-16-41-17-7-10-27(37)42-28/h6,8,11-14,18-21,25,28,35H,5,7,9-10,15-17H2,1-4H3,(H,32,38)(H,33,39)/b8-6+/t20-,21+,25+,28+/m1/s1. The van der Waals surface area contributed by atoms with Crippen LogP contribution in [0.5, 0.6) is 0 Å². The number of benzene rings is 1. The minimum absolute atomic E-state index is 0.104. The number of hydrazine groups is 1. The quantitative estimate of drug-likeness (QED) is 0.439. The molecule has 2 aromatic rings. The highest BCUT2D eigenvalue weighted by atomic mass is 16.5. The van der Waals surface area contributed by atoms with Crippen LogP contribution in [0.1, 0.15) is 70.7 Å². The third kappa shape index (κ3) is 8.13. The SMILES string of the molecule is CC(C)[C@@H]1OC(=O)CCCOC/C=C/c2ccc3ccc(nc3c2)[C@@H](C)NC(=O)[C@@H]2CCCN(N2)C(=O)[C@H](C)NC1=O. The van der Waals surface area contributed by atoms with E-state index in [1.54, 1.807) is 20.8 Å². The molecule has 11 nitrogen and oxygen atoms in total. The number of pyridine rings is 1. The highest BCUT2D eigenvalue weighted by Gasteiger charge is 2.33. The number of aromatic nitrogens is 1. The van der Waals surface area contributed by atoms with Gasteiger partial charge in [0.2, 0.25) is 5.91 Å². The summed E-state index contributed by atoms with van der Waals surface area (Å²) in [4.78, 5) is 56.6. The molecule has 11 heteroatoms. The highest BCUT2D eigenvalue weighted by molar-refractivity contribution is 5.90. The molecule has 2 aliphatic heterocycles. The summed E-state index contributed by atoms with van der Waals surface area (Å²) in [6.45, 7) is 8.13. The Morgan fingerprint density at radius 2 is 1.74 bits per heavy atom. The van der Waals surface area contributed by atoms with E-state index in [1.807, 2.05) is 49.4 Å². The Bertz CT molecular complexity index is 1330. The Balaban J connectivity index is 1.53. The number of ether oxygens (including phenoxy) is 2. The number of esters is 1. The van der Waals surface area contributed by atoms with Crippen LogP contribution in [0.2, 0.25) is 0 Å². The minimum atomic E-state index is -1.04. The molecule has 1 fully saturated rings. The number of hydrogen-bond donors (Lipinski definition) is 3. The zero-order chi connectivity index (χ0) is 30.2. The average Bonchev–Trinajstić information content (AvgIpc) is 2.97. The molecule has 1 saturated heterocycles. The fraction of sp³-hybridized carbons (Fsp3) is 0.516. The van der Waals surface area contributed by atoms with Gasteiger partial charge in [-0.25, -0.2) is 5.43 Å².